The van der Waals surface area contributed by atoms with Crippen LogP contribution >= 0.6 is 27.7 Å². The third-order valence-corrected chi connectivity index (χ3v) is 6.78. The number of hydrogen-bond acceptors (Lipinski definition) is 5. The molecule has 34 heavy (non-hydrogen) atoms. The Balaban J connectivity index is 1.57. The fraction of sp³-hybridized carbons (Fsp3) is 0.120. The predicted molar refractivity (Wildman–Crippen MR) is 137 cm³/mol. The van der Waals surface area contributed by atoms with Crippen molar-refractivity contribution in [3.8, 4) is 5.69 Å². The van der Waals surface area contributed by atoms with Gasteiger partial charge in [-0.1, -0.05) is 52.0 Å². The zero-order chi connectivity index (χ0) is 24.2. The van der Waals surface area contributed by atoms with Crippen molar-refractivity contribution in [2.75, 3.05) is 5.75 Å². The maximum Gasteiger partial charge on any atom is 0.269 e. The van der Waals surface area contributed by atoms with Gasteiger partial charge in [-0.3, -0.25) is 29.8 Å². The van der Waals surface area contributed by atoms with Gasteiger partial charge in [-0.05, 0) is 67.4 Å². The molecule has 0 aliphatic heterocycles. The maximum atomic E-state index is 13.4. The standard InChI is InChI=1S/C25H21BrN4O3S/c1-15-6-5-9-21(16(15)2)30-24(33)19-7-3-4-8-20(19)27-25(30)34-14-22(31)28-29-23(32)17-10-12-18(26)13-11-17/h3-13H,14H2,1-2H3,(H,28,31)(H,29,32). The van der Waals surface area contributed by atoms with Crippen molar-refractivity contribution in [1.29, 1.82) is 0 Å². The van der Waals surface area contributed by atoms with Crippen LogP contribution in [0.4, 0.5) is 0 Å². The van der Waals surface area contributed by atoms with Crippen molar-refractivity contribution in [3.05, 3.63) is 98.2 Å². The fourth-order valence-corrected chi connectivity index (χ4v) is 4.44. The highest BCUT2D eigenvalue weighted by Crippen LogP contribution is 2.24. The number of hydrogen-bond donors (Lipinski definition) is 2. The molecule has 0 radical (unpaired) electrons. The number of benzene rings is 3. The van der Waals surface area contributed by atoms with E-state index in [1.54, 1.807) is 47.0 Å². The van der Waals surface area contributed by atoms with Gasteiger partial charge in [-0.15, -0.1) is 0 Å². The second kappa shape index (κ2) is 10.2. The first-order valence-electron chi connectivity index (χ1n) is 10.4. The van der Waals surface area contributed by atoms with Crippen LogP contribution in [-0.4, -0.2) is 27.1 Å². The van der Waals surface area contributed by atoms with Gasteiger partial charge in [0.1, 0.15) is 0 Å². The van der Waals surface area contributed by atoms with Gasteiger partial charge >= 0.3 is 0 Å². The highest BCUT2D eigenvalue weighted by atomic mass is 79.9. The molecule has 0 aliphatic rings. The third-order valence-electron chi connectivity index (χ3n) is 5.32. The molecule has 3 aromatic carbocycles. The molecule has 9 heteroatoms. The molecule has 172 valence electrons. The predicted octanol–water partition coefficient (Wildman–Crippen LogP) is 4.32. The zero-order valence-electron chi connectivity index (χ0n) is 18.5. The van der Waals surface area contributed by atoms with Gasteiger partial charge in [0.05, 0.1) is 22.3 Å². The van der Waals surface area contributed by atoms with Crippen LogP contribution in [0.15, 0.2) is 81.2 Å². The molecule has 4 aromatic rings. The number of fused-ring (bicyclic) bond motifs is 1. The summed E-state index contributed by atoms with van der Waals surface area (Å²) < 4.78 is 2.39. The van der Waals surface area contributed by atoms with Crippen molar-refractivity contribution in [2.45, 2.75) is 19.0 Å². The minimum Gasteiger partial charge on any atom is -0.272 e. The van der Waals surface area contributed by atoms with Crippen LogP contribution in [0.2, 0.25) is 0 Å². The third kappa shape index (κ3) is 5.05. The highest BCUT2D eigenvalue weighted by Gasteiger charge is 2.17. The number of amides is 2. The molecule has 0 saturated carbocycles. The summed E-state index contributed by atoms with van der Waals surface area (Å²) in [6, 6.07) is 19.6. The average molecular weight is 537 g/mol. The van der Waals surface area contributed by atoms with Crippen molar-refractivity contribution in [2.24, 2.45) is 0 Å². The van der Waals surface area contributed by atoms with Crippen molar-refractivity contribution in [3.63, 3.8) is 0 Å². The maximum absolute atomic E-state index is 13.4. The molecule has 1 heterocycles. The van der Waals surface area contributed by atoms with E-state index in [2.05, 4.69) is 31.8 Å². The van der Waals surface area contributed by atoms with Crippen molar-refractivity contribution >= 4 is 50.4 Å². The molecular weight excluding hydrogens is 516 g/mol. The Kier molecular flexibility index (Phi) is 7.14. The lowest BCUT2D eigenvalue weighted by Gasteiger charge is -2.16. The molecule has 0 fully saturated rings. The van der Waals surface area contributed by atoms with E-state index < -0.39 is 11.8 Å². The van der Waals surface area contributed by atoms with Crippen LogP contribution < -0.4 is 16.4 Å². The van der Waals surface area contributed by atoms with E-state index in [0.29, 0.717) is 21.6 Å². The molecule has 0 aliphatic carbocycles. The molecule has 0 bridgehead atoms. The number of rotatable bonds is 5. The van der Waals surface area contributed by atoms with Crippen LogP contribution in [0.1, 0.15) is 21.5 Å². The number of para-hydroxylation sites is 1. The molecule has 0 saturated heterocycles. The Hall–Kier alpha value is -3.43. The number of halogens is 1. The lowest BCUT2D eigenvalue weighted by molar-refractivity contribution is -0.119. The van der Waals surface area contributed by atoms with Gasteiger partial charge in [0, 0.05) is 10.0 Å². The molecule has 0 spiro atoms. The summed E-state index contributed by atoms with van der Waals surface area (Å²) in [5.74, 6) is -0.900. The van der Waals surface area contributed by atoms with Crippen LogP contribution in [0.25, 0.3) is 16.6 Å². The normalized spacial score (nSPS) is 10.8. The summed E-state index contributed by atoms with van der Waals surface area (Å²) in [6.45, 7) is 3.93. The van der Waals surface area contributed by atoms with Crippen molar-refractivity contribution in [1.82, 2.24) is 20.4 Å². The van der Waals surface area contributed by atoms with E-state index in [0.717, 1.165) is 33.0 Å². The molecule has 0 unspecified atom stereocenters. The van der Waals surface area contributed by atoms with E-state index in [9.17, 15) is 14.4 Å². The van der Waals surface area contributed by atoms with E-state index in [1.807, 2.05) is 38.1 Å². The van der Waals surface area contributed by atoms with Gasteiger partial charge in [0.15, 0.2) is 5.16 Å². The number of aryl methyl sites for hydroxylation is 1. The molecular formula is C25H21BrN4O3S. The summed E-state index contributed by atoms with van der Waals surface area (Å²) in [4.78, 5) is 42.7. The Labute approximate surface area is 208 Å². The van der Waals surface area contributed by atoms with Crippen LogP contribution in [0, 0.1) is 13.8 Å². The Bertz CT molecular complexity index is 1450. The first kappa shape index (κ1) is 23.7. The molecule has 2 amide bonds. The summed E-state index contributed by atoms with van der Waals surface area (Å²) in [6.07, 6.45) is 0. The minimum absolute atomic E-state index is 0.0454. The smallest absolute Gasteiger partial charge is 0.269 e. The lowest BCUT2D eigenvalue weighted by Crippen LogP contribution is -2.42. The van der Waals surface area contributed by atoms with Crippen molar-refractivity contribution < 1.29 is 9.59 Å². The fourth-order valence-electron chi connectivity index (χ4n) is 3.37. The summed E-state index contributed by atoms with van der Waals surface area (Å²) in [5.41, 5.74) is 8.29. The zero-order valence-corrected chi connectivity index (χ0v) is 20.9. The first-order chi connectivity index (χ1) is 16.3. The number of aromatic nitrogens is 2. The topological polar surface area (TPSA) is 93.1 Å². The highest BCUT2D eigenvalue weighted by molar-refractivity contribution is 9.10. The second-order valence-electron chi connectivity index (χ2n) is 7.57. The number of hydrazine groups is 1. The second-order valence-corrected chi connectivity index (χ2v) is 9.43. The lowest BCUT2D eigenvalue weighted by atomic mass is 10.1. The molecule has 2 N–H and O–H groups in total. The van der Waals surface area contributed by atoms with Gasteiger partial charge in [0.25, 0.3) is 11.5 Å². The monoisotopic (exact) mass is 536 g/mol. The summed E-state index contributed by atoms with van der Waals surface area (Å²) >= 11 is 4.44. The Morgan fingerprint density at radius 1 is 0.971 bits per heavy atom. The van der Waals surface area contributed by atoms with E-state index >= 15 is 0 Å². The van der Waals surface area contributed by atoms with Crippen LogP contribution in [0.5, 0.6) is 0 Å². The number of carbonyl (C=O) groups excluding carboxylic acids is 2. The molecule has 0 atom stereocenters. The van der Waals surface area contributed by atoms with Crippen LogP contribution in [0.3, 0.4) is 0 Å². The number of nitrogens with one attached hydrogen (secondary N) is 2. The number of carbonyl (C=O) groups is 2. The van der Waals surface area contributed by atoms with Gasteiger partial charge in [-0.2, -0.15) is 0 Å². The number of thioether (sulfide) groups is 1. The molecule has 7 nitrogen and oxygen atoms in total. The van der Waals surface area contributed by atoms with E-state index in [1.165, 1.54) is 0 Å². The van der Waals surface area contributed by atoms with Crippen LogP contribution in [-0.2, 0) is 4.79 Å². The Morgan fingerprint density at radius 3 is 2.47 bits per heavy atom. The first-order valence-corrected chi connectivity index (χ1v) is 12.2. The molecule has 1 aromatic heterocycles. The van der Waals surface area contributed by atoms with Gasteiger partial charge in [0.2, 0.25) is 5.91 Å². The Morgan fingerprint density at radius 2 is 1.71 bits per heavy atom. The largest absolute Gasteiger partial charge is 0.272 e. The van der Waals surface area contributed by atoms with E-state index in [4.69, 9.17) is 0 Å². The quantitative estimate of drug-likeness (QED) is 0.225. The summed E-state index contributed by atoms with van der Waals surface area (Å²) in [7, 11) is 0. The van der Waals surface area contributed by atoms with E-state index in [-0.39, 0.29) is 11.3 Å². The summed E-state index contributed by atoms with van der Waals surface area (Å²) in [5, 5.41) is 0.894. The van der Waals surface area contributed by atoms with Gasteiger partial charge in [-0.25, -0.2) is 4.98 Å². The number of nitrogens with zero attached hydrogens (tertiary/aromatic N) is 2. The SMILES string of the molecule is Cc1cccc(-n2c(SCC(=O)NNC(=O)c3ccc(Br)cc3)nc3ccccc3c2=O)c1C. The average Bonchev–Trinajstić information content (AvgIpc) is 2.84. The van der Waals surface area contributed by atoms with Gasteiger partial charge < -0.3 is 0 Å². The minimum atomic E-state index is -0.429. The molecule has 4 rings (SSSR count).